The molecule has 0 amide bonds. The van der Waals surface area contributed by atoms with Gasteiger partial charge in [0.05, 0.1) is 24.3 Å². The second-order valence-electron chi connectivity index (χ2n) is 8.11. The lowest BCUT2D eigenvalue weighted by Gasteiger charge is -2.13. The second-order valence-corrected chi connectivity index (χ2v) is 8.11. The first-order valence-electron chi connectivity index (χ1n) is 11.5. The number of benzene rings is 1. The number of nitriles is 1. The molecule has 1 rings (SSSR count). The molecule has 0 saturated heterocycles. The zero-order valence-corrected chi connectivity index (χ0v) is 18.1. The molecule has 0 saturated carbocycles. The molecule has 0 N–H and O–H groups in total. The van der Waals surface area contributed by atoms with Crippen molar-refractivity contribution >= 4 is 0 Å². The molecule has 0 aliphatic heterocycles. The third-order valence-electron chi connectivity index (χ3n) is 5.34. The van der Waals surface area contributed by atoms with Gasteiger partial charge in [-0.05, 0) is 37.1 Å². The number of nitrogens with zero attached hydrogens (tertiary/aromatic N) is 1. The maximum absolute atomic E-state index is 13.4. The maximum atomic E-state index is 13.4. The fourth-order valence-corrected chi connectivity index (χ4v) is 3.57. The molecule has 2 nitrogen and oxygen atoms in total. The van der Waals surface area contributed by atoms with Gasteiger partial charge in [-0.25, -0.2) is 4.39 Å². The number of halogens is 1. The summed E-state index contributed by atoms with van der Waals surface area (Å²) in [6.07, 6.45) is 18.9. The molecule has 1 aromatic rings. The van der Waals surface area contributed by atoms with Crippen molar-refractivity contribution in [3.63, 3.8) is 0 Å². The lowest BCUT2D eigenvalue weighted by molar-refractivity contribution is 0.0457. The van der Waals surface area contributed by atoms with E-state index in [2.05, 4.69) is 13.8 Å². The van der Waals surface area contributed by atoms with Crippen molar-refractivity contribution in [3.8, 4) is 6.07 Å². The average Bonchev–Trinajstić information content (AvgIpc) is 2.69. The first-order valence-corrected chi connectivity index (χ1v) is 11.5. The van der Waals surface area contributed by atoms with Gasteiger partial charge >= 0.3 is 0 Å². The van der Waals surface area contributed by atoms with Crippen LogP contribution in [0.5, 0.6) is 0 Å². The van der Waals surface area contributed by atoms with Gasteiger partial charge in [0.1, 0.15) is 5.82 Å². The first kappa shape index (κ1) is 24.6. The Hall–Kier alpha value is -1.40. The highest BCUT2D eigenvalue weighted by molar-refractivity contribution is 5.33. The van der Waals surface area contributed by atoms with Gasteiger partial charge in [-0.1, -0.05) is 90.4 Å². The number of ether oxygens (including phenoxy) is 1. The van der Waals surface area contributed by atoms with Crippen molar-refractivity contribution in [1.82, 2.24) is 0 Å². The Bertz CT molecular complexity index is 552. The van der Waals surface area contributed by atoms with Crippen LogP contribution in [0.1, 0.15) is 115 Å². The SMILES string of the molecule is CCCCCCCCCCCCCCC[C@@H](C)OCc1cc(F)cc(C#N)c1. The molecule has 28 heavy (non-hydrogen) atoms. The van der Waals surface area contributed by atoms with Gasteiger partial charge in [0.25, 0.3) is 0 Å². The molecule has 0 bridgehead atoms. The normalized spacial score (nSPS) is 12.1. The molecule has 0 aliphatic carbocycles. The quantitative estimate of drug-likeness (QED) is 0.252. The summed E-state index contributed by atoms with van der Waals surface area (Å²) in [6, 6.07) is 6.37. The summed E-state index contributed by atoms with van der Waals surface area (Å²) in [5.74, 6) is -0.373. The Kier molecular flexibility index (Phi) is 14.6. The van der Waals surface area contributed by atoms with Crippen LogP contribution >= 0.6 is 0 Å². The largest absolute Gasteiger partial charge is 0.374 e. The standard InChI is InChI=1S/C25H40FNO/c1-3-4-5-6-7-8-9-10-11-12-13-14-15-16-22(2)28-21-24-17-23(20-27)18-25(26)19-24/h17-19,22H,3-16,21H2,1-2H3/t22-/m1/s1. The van der Waals surface area contributed by atoms with Gasteiger partial charge in [-0.3, -0.25) is 0 Å². The molecule has 158 valence electrons. The molecular weight excluding hydrogens is 349 g/mol. The zero-order chi connectivity index (χ0) is 20.5. The minimum atomic E-state index is -0.373. The van der Waals surface area contributed by atoms with Crippen molar-refractivity contribution in [2.45, 2.75) is 116 Å². The van der Waals surface area contributed by atoms with Crippen molar-refractivity contribution < 1.29 is 9.13 Å². The smallest absolute Gasteiger partial charge is 0.124 e. The molecule has 1 atom stereocenters. The zero-order valence-electron chi connectivity index (χ0n) is 18.1. The van der Waals surface area contributed by atoms with Crippen molar-refractivity contribution in [2.75, 3.05) is 0 Å². The van der Waals surface area contributed by atoms with Crippen LogP contribution in [0, 0.1) is 17.1 Å². The summed E-state index contributed by atoms with van der Waals surface area (Å²) in [6.45, 7) is 4.71. The van der Waals surface area contributed by atoms with Crippen LogP contribution in [0.25, 0.3) is 0 Å². The van der Waals surface area contributed by atoms with Crippen molar-refractivity contribution in [1.29, 1.82) is 5.26 Å². The van der Waals surface area contributed by atoms with E-state index in [1.165, 1.54) is 95.6 Å². The Morgan fingerprint density at radius 3 is 1.93 bits per heavy atom. The fourth-order valence-electron chi connectivity index (χ4n) is 3.57. The Balaban J connectivity index is 1.94. The van der Waals surface area contributed by atoms with Crippen LogP contribution in [-0.4, -0.2) is 6.10 Å². The van der Waals surface area contributed by atoms with E-state index in [1.807, 2.05) is 6.07 Å². The van der Waals surface area contributed by atoms with Crippen LogP contribution in [-0.2, 0) is 11.3 Å². The Morgan fingerprint density at radius 2 is 1.39 bits per heavy atom. The van der Waals surface area contributed by atoms with E-state index in [-0.39, 0.29) is 11.9 Å². The highest BCUT2D eigenvalue weighted by atomic mass is 19.1. The van der Waals surface area contributed by atoms with E-state index < -0.39 is 0 Å². The minimum absolute atomic E-state index is 0.168. The second kappa shape index (κ2) is 16.5. The van der Waals surface area contributed by atoms with E-state index in [9.17, 15) is 4.39 Å². The lowest BCUT2D eigenvalue weighted by Crippen LogP contribution is -2.08. The molecule has 0 fully saturated rings. The van der Waals surface area contributed by atoms with Gasteiger partial charge in [-0.15, -0.1) is 0 Å². The molecule has 0 unspecified atom stereocenters. The van der Waals surface area contributed by atoms with Crippen LogP contribution in [0.3, 0.4) is 0 Å². The van der Waals surface area contributed by atoms with Crippen molar-refractivity contribution in [2.24, 2.45) is 0 Å². The molecule has 0 heterocycles. The number of rotatable bonds is 17. The van der Waals surface area contributed by atoms with E-state index >= 15 is 0 Å². The van der Waals surface area contributed by atoms with Crippen LogP contribution in [0.15, 0.2) is 18.2 Å². The van der Waals surface area contributed by atoms with Gasteiger partial charge < -0.3 is 4.74 Å². The van der Waals surface area contributed by atoms with E-state index in [1.54, 1.807) is 6.07 Å². The van der Waals surface area contributed by atoms with Crippen LogP contribution < -0.4 is 0 Å². The van der Waals surface area contributed by atoms with E-state index in [0.29, 0.717) is 12.2 Å². The number of hydrogen-bond donors (Lipinski definition) is 0. The van der Waals surface area contributed by atoms with Gasteiger partial charge in [0, 0.05) is 0 Å². The van der Waals surface area contributed by atoms with E-state index in [0.717, 1.165) is 12.0 Å². The number of hydrogen-bond acceptors (Lipinski definition) is 2. The summed E-state index contributed by atoms with van der Waals surface area (Å²) in [5, 5.41) is 8.89. The average molecular weight is 390 g/mol. The topological polar surface area (TPSA) is 33.0 Å². The molecule has 0 spiro atoms. The fraction of sp³-hybridized carbons (Fsp3) is 0.720. The summed E-state index contributed by atoms with van der Waals surface area (Å²) in [5.41, 5.74) is 1.08. The molecule has 1 aromatic carbocycles. The molecule has 3 heteroatoms. The highest BCUT2D eigenvalue weighted by Gasteiger charge is 2.05. The van der Waals surface area contributed by atoms with E-state index in [4.69, 9.17) is 10.00 Å². The third-order valence-corrected chi connectivity index (χ3v) is 5.34. The predicted octanol–water partition coefficient (Wildman–Crippen LogP) is 8.08. The molecule has 0 radical (unpaired) electrons. The molecular formula is C25H40FNO. The molecule has 0 aliphatic rings. The van der Waals surface area contributed by atoms with Gasteiger partial charge in [-0.2, -0.15) is 5.26 Å². The predicted molar refractivity (Wildman–Crippen MR) is 116 cm³/mol. The summed E-state index contributed by atoms with van der Waals surface area (Å²) >= 11 is 0. The summed E-state index contributed by atoms with van der Waals surface area (Å²) < 4.78 is 19.2. The Morgan fingerprint density at radius 1 is 0.857 bits per heavy atom. The molecule has 0 aromatic heterocycles. The van der Waals surface area contributed by atoms with Crippen molar-refractivity contribution in [3.05, 3.63) is 35.1 Å². The maximum Gasteiger partial charge on any atom is 0.124 e. The summed E-state index contributed by atoms with van der Waals surface area (Å²) in [4.78, 5) is 0. The third kappa shape index (κ3) is 12.9. The summed E-state index contributed by atoms with van der Waals surface area (Å²) in [7, 11) is 0. The first-order chi connectivity index (χ1) is 13.7. The van der Waals surface area contributed by atoms with Gasteiger partial charge in [0.15, 0.2) is 0 Å². The van der Waals surface area contributed by atoms with Crippen LogP contribution in [0.4, 0.5) is 4.39 Å². The minimum Gasteiger partial charge on any atom is -0.374 e. The monoisotopic (exact) mass is 389 g/mol. The highest BCUT2D eigenvalue weighted by Crippen LogP contribution is 2.15. The Labute approximate surface area is 172 Å². The lowest BCUT2D eigenvalue weighted by atomic mass is 10.0. The van der Waals surface area contributed by atoms with Gasteiger partial charge in [0.2, 0.25) is 0 Å². The van der Waals surface area contributed by atoms with Crippen LogP contribution in [0.2, 0.25) is 0 Å². The number of unbranched alkanes of at least 4 members (excludes halogenated alkanes) is 12.